The maximum Gasteiger partial charge on any atom is 0.329 e. The number of nitrogens with zero attached hydrogens (tertiary/aromatic N) is 1. The number of imide groups is 1. The number of carbonyl (C=O) groups excluding carboxylic acids is 2. The summed E-state index contributed by atoms with van der Waals surface area (Å²) in [4.78, 5) is 26.8. The highest BCUT2D eigenvalue weighted by Gasteiger charge is 2.39. The molecule has 3 amide bonds. The lowest BCUT2D eigenvalue weighted by Gasteiger charge is -2.22. The van der Waals surface area contributed by atoms with Crippen molar-refractivity contribution in [3.8, 4) is 0 Å². The van der Waals surface area contributed by atoms with Crippen LogP contribution in [0.3, 0.4) is 0 Å². The smallest absolute Gasteiger partial charge is 0.326 e. The van der Waals surface area contributed by atoms with Crippen molar-refractivity contribution >= 4 is 11.9 Å². The molecule has 1 unspecified atom stereocenters. The van der Waals surface area contributed by atoms with Gasteiger partial charge in [-0.05, 0) is 13.3 Å². The number of amides is 3. The van der Waals surface area contributed by atoms with Gasteiger partial charge in [-0.25, -0.2) is 9.69 Å². The van der Waals surface area contributed by atoms with Crippen LogP contribution < -0.4 is 10.2 Å². The second-order valence-corrected chi connectivity index (χ2v) is 5.48. The Morgan fingerprint density at radius 3 is 2.52 bits per heavy atom. The van der Waals surface area contributed by atoms with E-state index in [2.05, 4.69) is 24.4 Å². The summed E-state index contributed by atoms with van der Waals surface area (Å²) in [7, 11) is 0. The van der Waals surface area contributed by atoms with E-state index in [0.717, 1.165) is 19.5 Å². The van der Waals surface area contributed by atoms with Crippen LogP contribution in [0.1, 0.15) is 32.3 Å². The molecule has 0 aromatic heterocycles. The Balaban J connectivity index is 1.98. The van der Waals surface area contributed by atoms with E-state index in [-0.39, 0.29) is 18.0 Å². The average molecular weight is 290 g/mol. The van der Waals surface area contributed by atoms with Gasteiger partial charge in [0.05, 0.1) is 6.54 Å². The van der Waals surface area contributed by atoms with E-state index < -0.39 is 0 Å². The Kier molecular flexibility index (Phi) is 5.33. The van der Waals surface area contributed by atoms with E-state index in [4.69, 9.17) is 0 Å². The first kappa shape index (κ1) is 15.5. The molecule has 2 rings (SSSR count). The van der Waals surface area contributed by atoms with E-state index in [1.807, 2.05) is 25.1 Å². The summed E-state index contributed by atoms with van der Waals surface area (Å²) in [6.07, 6.45) is 1.60. The topological polar surface area (TPSA) is 53.9 Å². The molecule has 2 atom stereocenters. The summed E-state index contributed by atoms with van der Waals surface area (Å²) in [6, 6.07) is 9.56. The molecule has 1 aliphatic rings. The number of carbonyl (C=O) groups is 2. The molecule has 1 saturated heterocycles. The van der Waals surface area contributed by atoms with E-state index in [1.165, 1.54) is 15.4 Å². The van der Waals surface area contributed by atoms with Gasteiger partial charge in [-0.15, -0.1) is 0 Å². The third kappa shape index (κ3) is 3.82. The summed E-state index contributed by atoms with van der Waals surface area (Å²) < 4.78 is 0. The quantitative estimate of drug-likeness (QED) is 0.729. The van der Waals surface area contributed by atoms with Gasteiger partial charge in [0.25, 0.3) is 5.91 Å². The van der Waals surface area contributed by atoms with Crippen LogP contribution in [0.2, 0.25) is 0 Å². The van der Waals surface area contributed by atoms with Crippen LogP contribution >= 0.6 is 0 Å². The molecular weight excluding hydrogens is 266 g/mol. The summed E-state index contributed by atoms with van der Waals surface area (Å²) in [5.41, 5.74) is 1.21. The van der Waals surface area contributed by atoms with Gasteiger partial charge in [0.1, 0.15) is 12.6 Å². The zero-order valence-electron chi connectivity index (χ0n) is 12.8. The molecule has 0 saturated carbocycles. The fourth-order valence-corrected chi connectivity index (χ4v) is 2.61. The van der Waals surface area contributed by atoms with Crippen LogP contribution in [0.15, 0.2) is 30.3 Å². The molecule has 1 aromatic rings. The lowest BCUT2D eigenvalue weighted by atomic mass is 10.2. The molecule has 2 N–H and O–H groups in total. The van der Waals surface area contributed by atoms with Gasteiger partial charge in [-0.3, -0.25) is 4.79 Å². The van der Waals surface area contributed by atoms with E-state index in [0.29, 0.717) is 13.1 Å². The van der Waals surface area contributed by atoms with Crippen LogP contribution in [0.4, 0.5) is 4.79 Å². The Bertz CT molecular complexity index is 490. The standard InChI is InChI=1S/C16H23N3O2/c1-3-8-14-15(20)19(16(21)17-14)12-18(4-2)11-13-9-6-5-7-10-13/h5-7,9-10,14H,3-4,8,11-12H2,1-2H3,(H,17,21)/p+1/t14-/m1/s1. The fourth-order valence-electron chi connectivity index (χ4n) is 2.61. The Hall–Kier alpha value is -1.88. The molecule has 5 heteroatoms. The number of benzene rings is 1. The predicted octanol–water partition coefficient (Wildman–Crippen LogP) is 0.769. The van der Waals surface area contributed by atoms with Crippen molar-refractivity contribution in [1.29, 1.82) is 0 Å². The maximum atomic E-state index is 12.2. The minimum absolute atomic E-state index is 0.0825. The highest BCUT2D eigenvalue weighted by atomic mass is 16.2. The SMILES string of the molecule is CCC[C@H]1NC(=O)N(C[NH+](CC)Cc2ccccc2)C1=O. The molecule has 5 nitrogen and oxygen atoms in total. The third-order valence-corrected chi connectivity index (χ3v) is 3.86. The zero-order chi connectivity index (χ0) is 15.2. The number of urea groups is 1. The monoisotopic (exact) mass is 290 g/mol. The van der Waals surface area contributed by atoms with Crippen LogP contribution in [-0.2, 0) is 11.3 Å². The van der Waals surface area contributed by atoms with Crippen LogP contribution in [-0.4, -0.2) is 36.1 Å². The lowest BCUT2D eigenvalue weighted by molar-refractivity contribution is -0.919. The maximum absolute atomic E-state index is 12.2. The van der Waals surface area contributed by atoms with Gasteiger partial charge in [0, 0.05) is 5.56 Å². The van der Waals surface area contributed by atoms with Gasteiger partial charge in [0.15, 0.2) is 6.67 Å². The van der Waals surface area contributed by atoms with Crippen molar-refractivity contribution in [3.63, 3.8) is 0 Å². The number of nitrogens with one attached hydrogen (secondary N) is 2. The van der Waals surface area contributed by atoms with E-state index >= 15 is 0 Å². The van der Waals surface area contributed by atoms with E-state index in [9.17, 15) is 9.59 Å². The largest absolute Gasteiger partial charge is 0.329 e. The summed E-state index contributed by atoms with van der Waals surface area (Å²) in [6.45, 7) is 6.19. The second kappa shape index (κ2) is 7.22. The normalized spacial score (nSPS) is 19.7. The summed E-state index contributed by atoms with van der Waals surface area (Å²) >= 11 is 0. The van der Waals surface area contributed by atoms with Gasteiger partial charge in [0.2, 0.25) is 0 Å². The van der Waals surface area contributed by atoms with Crippen molar-refractivity contribution in [2.24, 2.45) is 0 Å². The minimum atomic E-state index is -0.336. The van der Waals surface area contributed by atoms with Crippen molar-refractivity contribution in [2.75, 3.05) is 13.2 Å². The summed E-state index contributed by atoms with van der Waals surface area (Å²) in [5, 5.41) is 2.77. The highest BCUT2D eigenvalue weighted by molar-refractivity contribution is 6.03. The first-order valence-corrected chi connectivity index (χ1v) is 7.65. The summed E-state index contributed by atoms with van der Waals surface area (Å²) in [5.74, 6) is -0.0825. The number of hydrogen-bond donors (Lipinski definition) is 2. The molecule has 0 aliphatic carbocycles. The average Bonchev–Trinajstić information content (AvgIpc) is 2.75. The Labute approximate surface area is 125 Å². The zero-order valence-corrected chi connectivity index (χ0v) is 12.8. The number of rotatable bonds is 7. The Morgan fingerprint density at radius 1 is 1.19 bits per heavy atom. The van der Waals surface area contributed by atoms with Crippen molar-refractivity contribution in [2.45, 2.75) is 39.3 Å². The van der Waals surface area contributed by atoms with Gasteiger partial charge in [-0.1, -0.05) is 43.7 Å². The van der Waals surface area contributed by atoms with Crippen LogP contribution in [0, 0.1) is 0 Å². The van der Waals surface area contributed by atoms with Gasteiger partial charge < -0.3 is 10.2 Å². The van der Waals surface area contributed by atoms with Crippen molar-refractivity contribution in [3.05, 3.63) is 35.9 Å². The molecule has 0 radical (unpaired) electrons. The molecule has 1 fully saturated rings. The predicted molar refractivity (Wildman–Crippen MR) is 80.6 cm³/mol. The Morgan fingerprint density at radius 2 is 1.90 bits per heavy atom. The van der Waals surface area contributed by atoms with E-state index in [1.54, 1.807) is 0 Å². The molecule has 1 heterocycles. The molecule has 0 spiro atoms. The molecule has 21 heavy (non-hydrogen) atoms. The first-order chi connectivity index (χ1) is 10.2. The van der Waals surface area contributed by atoms with Crippen molar-refractivity contribution in [1.82, 2.24) is 10.2 Å². The molecule has 1 aliphatic heterocycles. The van der Waals surface area contributed by atoms with Crippen molar-refractivity contribution < 1.29 is 14.5 Å². The third-order valence-electron chi connectivity index (χ3n) is 3.86. The first-order valence-electron chi connectivity index (χ1n) is 7.65. The van der Waals surface area contributed by atoms with Crippen LogP contribution in [0.5, 0.6) is 0 Å². The van der Waals surface area contributed by atoms with Crippen LogP contribution in [0.25, 0.3) is 0 Å². The number of quaternary nitrogens is 1. The van der Waals surface area contributed by atoms with Gasteiger partial charge >= 0.3 is 6.03 Å². The lowest BCUT2D eigenvalue weighted by Crippen LogP contribution is -3.12. The van der Waals surface area contributed by atoms with Gasteiger partial charge in [-0.2, -0.15) is 0 Å². The molecule has 114 valence electrons. The highest BCUT2D eigenvalue weighted by Crippen LogP contribution is 2.09. The number of hydrogen-bond acceptors (Lipinski definition) is 2. The minimum Gasteiger partial charge on any atom is -0.326 e. The second-order valence-electron chi connectivity index (χ2n) is 5.48. The molecule has 0 bridgehead atoms. The molecular formula is C16H24N3O2+. The fraction of sp³-hybridized carbons (Fsp3) is 0.500. The molecule has 1 aromatic carbocycles.